The lowest BCUT2D eigenvalue weighted by Gasteiger charge is -2.11. The van der Waals surface area contributed by atoms with Gasteiger partial charge in [0.2, 0.25) is 0 Å². The van der Waals surface area contributed by atoms with E-state index in [2.05, 4.69) is 10.6 Å². The van der Waals surface area contributed by atoms with E-state index < -0.39 is 0 Å². The minimum atomic E-state index is -0.130. The van der Waals surface area contributed by atoms with Crippen molar-refractivity contribution in [3.8, 4) is 0 Å². The van der Waals surface area contributed by atoms with Crippen LogP contribution in [0.1, 0.15) is 21.5 Å². The lowest BCUT2D eigenvalue weighted by molar-refractivity contribution is 0.102. The molecule has 0 spiro atoms. The van der Waals surface area contributed by atoms with E-state index in [1.165, 1.54) is 0 Å². The fourth-order valence-corrected chi connectivity index (χ4v) is 2.31. The van der Waals surface area contributed by atoms with Gasteiger partial charge in [-0.1, -0.05) is 35.9 Å². The molecule has 0 saturated heterocycles. The number of hydrogen-bond acceptors (Lipinski definition) is 2. The zero-order chi connectivity index (χ0) is 15.2. The Kier molecular flexibility index (Phi) is 5.37. The van der Waals surface area contributed by atoms with E-state index in [-0.39, 0.29) is 5.91 Å². The average Bonchev–Trinajstić information content (AvgIpc) is 2.49. The van der Waals surface area contributed by atoms with Gasteiger partial charge in [0.05, 0.1) is 10.7 Å². The van der Waals surface area contributed by atoms with Crippen molar-refractivity contribution in [2.45, 2.75) is 13.3 Å². The topological polar surface area (TPSA) is 41.1 Å². The van der Waals surface area contributed by atoms with E-state index in [0.29, 0.717) is 16.3 Å². The Morgan fingerprint density at radius 1 is 1.19 bits per heavy atom. The van der Waals surface area contributed by atoms with Gasteiger partial charge in [0, 0.05) is 5.56 Å². The van der Waals surface area contributed by atoms with Crippen molar-refractivity contribution in [3.63, 3.8) is 0 Å². The quantitative estimate of drug-likeness (QED) is 0.885. The number of amides is 1. The summed E-state index contributed by atoms with van der Waals surface area (Å²) in [6, 6.07) is 13.2. The smallest absolute Gasteiger partial charge is 0.255 e. The highest BCUT2D eigenvalue weighted by molar-refractivity contribution is 6.34. The van der Waals surface area contributed by atoms with Crippen molar-refractivity contribution in [3.05, 3.63) is 64.2 Å². The van der Waals surface area contributed by atoms with Crippen molar-refractivity contribution in [2.75, 3.05) is 18.9 Å². The third-order valence-electron chi connectivity index (χ3n) is 3.28. The second-order valence-corrected chi connectivity index (χ2v) is 5.36. The summed E-state index contributed by atoms with van der Waals surface area (Å²) in [6.07, 6.45) is 0.807. The summed E-state index contributed by atoms with van der Waals surface area (Å²) in [5.41, 5.74) is 3.40. The van der Waals surface area contributed by atoms with Crippen LogP contribution in [0.5, 0.6) is 0 Å². The van der Waals surface area contributed by atoms with Gasteiger partial charge in [-0.05, 0) is 56.3 Å². The number of hydrogen-bond donors (Lipinski definition) is 2. The zero-order valence-electron chi connectivity index (χ0n) is 12.2. The van der Waals surface area contributed by atoms with Crippen LogP contribution in [0.3, 0.4) is 0 Å². The number of likely N-dealkylation sites (N-methyl/N-ethyl adjacent to an activating group) is 1. The van der Waals surface area contributed by atoms with Crippen LogP contribution < -0.4 is 10.6 Å². The molecule has 0 aromatic heterocycles. The largest absolute Gasteiger partial charge is 0.321 e. The van der Waals surface area contributed by atoms with Gasteiger partial charge in [0.25, 0.3) is 5.91 Å². The molecule has 0 aliphatic carbocycles. The fraction of sp³-hybridized carbons (Fsp3) is 0.235. The highest BCUT2D eigenvalue weighted by Gasteiger charge is 2.12. The molecule has 0 fully saturated rings. The number of anilines is 1. The van der Waals surface area contributed by atoms with Crippen LogP contribution in [0, 0.1) is 6.92 Å². The van der Waals surface area contributed by atoms with Crippen LogP contribution in [0.25, 0.3) is 0 Å². The summed E-state index contributed by atoms with van der Waals surface area (Å²) in [5.74, 6) is -0.130. The number of aryl methyl sites for hydroxylation is 1. The number of halogens is 1. The summed E-state index contributed by atoms with van der Waals surface area (Å²) >= 11 is 6.13. The van der Waals surface area contributed by atoms with Crippen LogP contribution in [-0.2, 0) is 6.42 Å². The third kappa shape index (κ3) is 4.06. The second-order valence-electron chi connectivity index (χ2n) is 4.95. The Morgan fingerprint density at radius 2 is 1.95 bits per heavy atom. The first-order valence-electron chi connectivity index (χ1n) is 6.92. The molecule has 4 heteroatoms. The Hall–Kier alpha value is -1.84. The van der Waals surface area contributed by atoms with E-state index in [4.69, 9.17) is 11.6 Å². The maximum Gasteiger partial charge on any atom is 0.255 e. The minimum Gasteiger partial charge on any atom is -0.321 e. The van der Waals surface area contributed by atoms with E-state index in [9.17, 15) is 4.79 Å². The highest BCUT2D eigenvalue weighted by atomic mass is 35.5. The molecule has 0 radical (unpaired) electrons. The molecule has 2 aromatic carbocycles. The van der Waals surface area contributed by atoms with Crippen molar-refractivity contribution < 1.29 is 4.79 Å². The summed E-state index contributed by atoms with van der Waals surface area (Å²) in [4.78, 5) is 12.5. The summed E-state index contributed by atoms with van der Waals surface area (Å²) in [5, 5.41) is 6.53. The monoisotopic (exact) mass is 302 g/mol. The number of benzene rings is 2. The maximum absolute atomic E-state index is 12.5. The van der Waals surface area contributed by atoms with Crippen LogP contribution in [0.2, 0.25) is 5.02 Å². The molecule has 0 heterocycles. The standard InChI is InChI=1S/C17H19ClN2O/c1-12-7-8-15(18)16(11-12)20-17(21)14-6-4-3-5-13(14)9-10-19-2/h3-8,11,19H,9-10H2,1-2H3,(H,20,21). The number of nitrogens with one attached hydrogen (secondary N) is 2. The molecule has 0 aliphatic heterocycles. The van der Waals surface area contributed by atoms with E-state index in [0.717, 1.165) is 24.1 Å². The van der Waals surface area contributed by atoms with Gasteiger partial charge in [0.1, 0.15) is 0 Å². The van der Waals surface area contributed by atoms with Crippen LogP contribution in [0.4, 0.5) is 5.69 Å². The van der Waals surface area contributed by atoms with Crippen molar-refractivity contribution in [2.24, 2.45) is 0 Å². The first-order chi connectivity index (χ1) is 10.1. The molecule has 0 atom stereocenters. The molecular formula is C17H19ClN2O. The molecule has 0 saturated carbocycles. The minimum absolute atomic E-state index is 0.130. The molecule has 3 nitrogen and oxygen atoms in total. The zero-order valence-corrected chi connectivity index (χ0v) is 13.0. The summed E-state index contributed by atoms with van der Waals surface area (Å²) in [7, 11) is 1.90. The van der Waals surface area contributed by atoms with Gasteiger partial charge in [-0.15, -0.1) is 0 Å². The predicted molar refractivity (Wildman–Crippen MR) is 88.2 cm³/mol. The number of carbonyl (C=O) groups excluding carboxylic acids is 1. The SMILES string of the molecule is CNCCc1ccccc1C(=O)Nc1cc(C)ccc1Cl. The molecule has 0 unspecified atom stereocenters. The van der Waals surface area contributed by atoms with Gasteiger partial charge in [-0.2, -0.15) is 0 Å². The molecule has 1 amide bonds. The van der Waals surface area contributed by atoms with Crippen molar-refractivity contribution >= 4 is 23.2 Å². The molecule has 0 bridgehead atoms. The second kappa shape index (κ2) is 7.25. The number of rotatable bonds is 5. The van der Waals surface area contributed by atoms with E-state index >= 15 is 0 Å². The molecule has 110 valence electrons. The van der Waals surface area contributed by atoms with Gasteiger partial charge in [0.15, 0.2) is 0 Å². The summed E-state index contributed by atoms with van der Waals surface area (Å²) in [6.45, 7) is 2.79. The van der Waals surface area contributed by atoms with Gasteiger partial charge >= 0.3 is 0 Å². The van der Waals surface area contributed by atoms with Crippen LogP contribution in [-0.4, -0.2) is 19.5 Å². The molecule has 2 rings (SSSR count). The van der Waals surface area contributed by atoms with Crippen LogP contribution in [0.15, 0.2) is 42.5 Å². The van der Waals surface area contributed by atoms with Crippen LogP contribution >= 0.6 is 11.6 Å². The summed E-state index contributed by atoms with van der Waals surface area (Å²) < 4.78 is 0. The first-order valence-corrected chi connectivity index (χ1v) is 7.29. The van der Waals surface area contributed by atoms with Crippen molar-refractivity contribution in [1.29, 1.82) is 0 Å². The predicted octanol–water partition coefficient (Wildman–Crippen LogP) is 3.66. The van der Waals surface area contributed by atoms with Gasteiger partial charge in [-0.3, -0.25) is 4.79 Å². The van der Waals surface area contributed by atoms with E-state index in [1.807, 2.05) is 50.4 Å². The Balaban J connectivity index is 2.22. The molecule has 2 N–H and O–H groups in total. The number of carbonyl (C=O) groups is 1. The molecular weight excluding hydrogens is 284 g/mol. The van der Waals surface area contributed by atoms with E-state index in [1.54, 1.807) is 6.07 Å². The highest BCUT2D eigenvalue weighted by Crippen LogP contribution is 2.23. The fourth-order valence-electron chi connectivity index (χ4n) is 2.14. The maximum atomic E-state index is 12.5. The Labute approximate surface area is 130 Å². The molecule has 2 aromatic rings. The lowest BCUT2D eigenvalue weighted by atomic mass is 10.0. The third-order valence-corrected chi connectivity index (χ3v) is 3.61. The normalized spacial score (nSPS) is 10.4. The van der Waals surface area contributed by atoms with Crippen molar-refractivity contribution in [1.82, 2.24) is 5.32 Å². The first kappa shape index (κ1) is 15.5. The lowest BCUT2D eigenvalue weighted by Crippen LogP contribution is -2.17. The van der Waals surface area contributed by atoms with Gasteiger partial charge < -0.3 is 10.6 Å². The Morgan fingerprint density at radius 3 is 2.71 bits per heavy atom. The van der Waals surface area contributed by atoms with Gasteiger partial charge in [-0.25, -0.2) is 0 Å². The Bertz CT molecular complexity index is 640. The molecule has 0 aliphatic rings. The average molecular weight is 303 g/mol. The molecule has 21 heavy (non-hydrogen) atoms.